The number of rotatable bonds is 5. The highest BCUT2D eigenvalue weighted by atomic mass is 16.5. The van der Waals surface area contributed by atoms with Crippen LogP contribution in [0.15, 0.2) is 24.3 Å². The van der Waals surface area contributed by atoms with Gasteiger partial charge in [-0.05, 0) is 24.1 Å². The third-order valence-corrected chi connectivity index (χ3v) is 2.68. The Morgan fingerprint density at radius 1 is 1.37 bits per heavy atom. The molecule has 6 nitrogen and oxygen atoms in total. The molecule has 1 amide bonds. The van der Waals surface area contributed by atoms with Gasteiger partial charge in [0.1, 0.15) is 12.3 Å². The van der Waals surface area contributed by atoms with Gasteiger partial charge in [0.15, 0.2) is 0 Å². The first-order chi connectivity index (χ1) is 8.93. The first-order valence-corrected chi connectivity index (χ1v) is 5.79. The van der Waals surface area contributed by atoms with E-state index in [2.05, 4.69) is 4.74 Å². The Labute approximate surface area is 111 Å². The molecule has 0 aliphatic carbocycles. The zero-order chi connectivity index (χ0) is 14.4. The van der Waals surface area contributed by atoms with Gasteiger partial charge < -0.3 is 20.5 Å². The summed E-state index contributed by atoms with van der Waals surface area (Å²) >= 11 is 0. The van der Waals surface area contributed by atoms with Crippen molar-refractivity contribution in [3.05, 3.63) is 29.8 Å². The summed E-state index contributed by atoms with van der Waals surface area (Å²) in [6.45, 7) is -0.126. The van der Waals surface area contributed by atoms with Gasteiger partial charge in [0, 0.05) is 7.05 Å². The van der Waals surface area contributed by atoms with E-state index in [1.165, 1.54) is 31.2 Å². The average Bonchev–Trinajstić information content (AvgIpc) is 2.40. The normalized spacial score (nSPS) is 11.7. The van der Waals surface area contributed by atoms with Crippen LogP contribution in [0, 0.1) is 0 Å². The van der Waals surface area contributed by atoms with Crippen LogP contribution in [0.4, 0.5) is 0 Å². The molecule has 0 saturated carbocycles. The average molecular weight is 266 g/mol. The largest absolute Gasteiger partial charge is 0.508 e. The second kappa shape index (κ2) is 6.75. The number of ether oxygens (including phenoxy) is 1. The number of carbonyl (C=O) groups excluding carboxylic acids is 2. The van der Waals surface area contributed by atoms with E-state index < -0.39 is 12.0 Å². The summed E-state index contributed by atoms with van der Waals surface area (Å²) in [4.78, 5) is 24.2. The van der Waals surface area contributed by atoms with Gasteiger partial charge in [-0.1, -0.05) is 12.1 Å². The lowest BCUT2D eigenvalue weighted by molar-refractivity contribution is -0.146. The third kappa shape index (κ3) is 4.59. The molecule has 1 aromatic rings. The summed E-state index contributed by atoms with van der Waals surface area (Å²) in [5.74, 6) is -0.669. The SMILES string of the molecule is COC(=O)CN(C)C(=O)C(N)Cc1ccc(O)cc1. The van der Waals surface area contributed by atoms with Gasteiger partial charge >= 0.3 is 5.97 Å². The number of esters is 1. The van der Waals surface area contributed by atoms with Gasteiger partial charge in [0.05, 0.1) is 13.2 Å². The van der Waals surface area contributed by atoms with Gasteiger partial charge in [0.2, 0.25) is 5.91 Å². The van der Waals surface area contributed by atoms with E-state index in [-0.39, 0.29) is 18.2 Å². The zero-order valence-corrected chi connectivity index (χ0v) is 11.0. The van der Waals surface area contributed by atoms with Crippen molar-refractivity contribution in [3.63, 3.8) is 0 Å². The topological polar surface area (TPSA) is 92.9 Å². The van der Waals surface area contributed by atoms with Crippen molar-refractivity contribution in [2.24, 2.45) is 5.73 Å². The minimum atomic E-state index is -0.737. The molecule has 19 heavy (non-hydrogen) atoms. The maximum Gasteiger partial charge on any atom is 0.325 e. The van der Waals surface area contributed by atoms with Crippen molar-refractivity contribution in [1.29, 1.82) is 0 Å². The molecule has 0 heterocycles. The molecule has 0 aromatic heterocycles. The molecule has 6 heteroatoms. The summed E-state index contributed by atoms with van der Waals surface area (Å²) in [5.41, 5.74) is 6.64. The Bertz CT molecular complexity index is 444. The number of likely N-dealkylation sites (N-methyl/N-ethyl adjacent to an activating group) is 1. The van der Waals surface area contributed by atoms with Crippen molar-refractivity contribution >= 4 is 11.9 Å². The van der Waals surface area contributed by atoms with E-state index in [4.69, 9.17) is 10.8 Å². The molecule has 0 bridgehead atoms. The van der Waals surface area contributed by atoms with Crippen molar-refractivity contribution in [3.8, 4) is 5.75 Å². The van der Waals surface area contributed by atoms with Crippen LogP contribution >= 0.6 is 0 Å². The van der Waals surface area contributed by atoms with Crippen LogP contribution in [0.5, 0.6) is 5.75 Å². The van der Waals surface area contributed by atoms with Gasteiger partial charge in [-0.3, -0.25) is 9.59 Å². The molecule has 0 saturated heterocycles. The highest BCUT2D eigenvalue weighted by Gasteiger charge is 2.20. The maximum absolute atomic E-state index is 11.9. The highest BCUT2D eigenvalue weighted by molar-refractivity contribution is 5.85. The second-order valence-corrected chi connectivity index (χ2v) is 4.25. The second-order valence-electron chi connectivity index (χ2n) is 4.25. The van der Waals surface area contributed by atoms with Crippen LogP contribution < -0.4 is 5.73 Å². The number of hydrogen-bond donors (Lipinski definition) is 2. The predicted molar refractivity (Wildman–Crippen MR) is 69.4 cm³/mol. The highest BCUT2D eigenvalue weighted by Crippen LogP contribution is 2.11. The number of nitrogens with zero attached hydrogens (tertiary/aromatic N) is 1. The molecule has 0 spiro atoms. The lowest BCUT2D eigenvalue weighted by atomic mass is 10.1. The third-order valence-electron chi connectivity index (χ3n) is 2.68. The summed E-state index contributed by atoms with van der Waals surface area (Å²) in [6.07, 6.45) is 0.338. The Balaban J connectivity index is 2.57. The Hall–Kier alpha value is -2.08. The van der Waals surface area contributed by atoms with Crippen LogP contribution in [0.25, 0.3) is 0 Å². The number of benzene rings is 1. The summed E-state index contributed by atoms with van der Waals surface area (Å²) in [5, 5.41) is 9.16. The van der Waals surface area contributed by atoms with E-state index in [0.717, 1.165) is 5.56 Å². The first-order valence-electron chi connectivity index (χ1n) is 5.79. The van der Waals surface area contributed by atoms with E-state index in [1.54, 1.807) is 12.1 Å². The quantitative estimate of drug-likeness (QED) is 0.726. The fourth-order valence-electron chi connectivity index (χ4n) is 1.59. The molecule has 0 aliphatic heterocycles. The number of hydrogen-bond acceptors (Lipinski definition) is 5. The number of carbonyl (C=O) groups is 2. The molecule has 0 fully saturated rings. The zero-order valence-electron chi connectivity index (χ0n) is 11.0. The van der Waals surface area contributed by atoms with Crippen LogP contribution in [-0.4, -0.2) is 48.6 Å². The van der Waals surface area contributed by atoms with Crippen LogP contribution in [0.2, 0.25) is 0 Å². The Morgan fingerprint density at radius 2 is 1.95 bits per heavy atom. The van der Waals surface area contributed by atoms with Crippen molar-refractivity contribution in [2.45, 2.75) is 12.5 Å². The Kier molecular flexibility index (Phi) is 5.32. The standard InChI is InChI=1S/C13H18N2O4/c1-15(8-12(17)19-2)13(18)11(14)7-9-3-5-10(16)6-4-9/h3-6,11,16H,7-8,14H2,1-2H3. The number of methoxy groups -OCH3 is 1. The lowest BCUT2D eigenvalue weighted by Crippen LogP contribution is -2.45. The molecule has 1 rings (SSSR count). The molecular weight excluding hydrogens is 248 g/mol. The molecule has 104 valence electrons. The fourth-order valence-corrected chi connectivity index (χ4v) is 1.59. The van der Waals surface area contributed by atoms with E-state index in [9.17, 15) is 9.59 Å². The van der Waals surface area contributed by atoms with Crippen molar-refractivity contribution in [2.75, 3.05) is 20.7 Å². The van der Waals surface area contributed by atoms with Crippen molar-refractivity contribution < 1.29 is 19.4 Å². The van der Waals surface area contributed by atoms with Gasteiger partial charge in [0.25, 0.3) is 0 Å². The first kappa shape index (κ1) is 15.0. The molecule has 1 unspecified atom stereocenters. The molecule has 0 radical (unpaired) electrons. The number of amides is 1. The van der Waals surface area contributed by atoms with Crippen LogP contribution in [-0.2, 0) is 20.7 Å². The minimum absolute atomic E-state index is 0.126. The minimum Gasteiger partial charge on any atom is -0.508 e. The van der Waals surface area contributed by atoms with E-state index in [0.29, 0.717) is 6.42 Å². The number of nitrogens with two attached hydrogens (primary N) is 1. The number of phenols is 1. The fraction of sp³-hybridized carbons (Fsp3) is 0.385. The van der Waals surface area contributed by atoms with Crippen LogP contribution in [0.3, 0.4) is 0 Å². The summed E-state index contributed by atoms with van der Waals surface area (Å²) in [7, 11) is 2.76. The molecule has 1 atom stereocenters. The monoisotopic (exact) mass is 266 g/mol. The Morgan fingerprint density at radius 3 is 2.47 bits per heavy atom. The number of phenolic OH excluding ortho intramolecular Hbond substituents is 1. The van der Waals surface area contributed by atoms with E-state index in [1.807, 2.05) is 0 Å². The molecule has 0 aliphatic rings. The smallest absolute Gasteiger partial charge is 0.325 e. The molecule has 3 N–H and O–H groups in total. The maximum atomic E-state index is 11.9. The molecule has 1 aromatic carbocycles. The lowest BCUT2D eigenvalue weighted by Gasteiger charge is -2.20. The van der Waals surface area contributed by atoms with Gasteiger partial charge in [-0.25, -0.2) is 0 Å². The predicted octanol–water partition coefficient (Wildman–Crippen LogP) is -0.107. The number of aromatic hydroxyl groups is 1. The van der Waals surface area contributed by atoms with Crippen LogP contribution in [0.1, 0.15) is 5.56 Å². The summed E-state index contributed by atoms with van der Waals surface area (Å²) < 4.78 is 4.48. The van der Waals surface area contributed by atoms with E-state index >= 15 is 0 Å². The summed E-state index contributed by atoms with van der Waals surface area (Å²) in [6, 6.07) is 5.72. The van der Waals surface area contributed by atoms with Gasteiger partial charge in [-0.2, -0.15) is 0 Å². The molecular formula is C13H18N2O4. The van der Waals surface area contributed by atoms with Crippen molar-refractivity contribution in [1.82, 2.24) is 4.90 Å². The van der Waals surface area contributed by atoms with Gasteiger partial charge in [-0.15, -0.1) is 0 Å².